The maximum absolute atomic E-state index is 13.2. The van der Waals surface area contributed by atoms with Gasteiger partial charge in [0.05, 0.1) is 16.2 Å². The maximum atomic E-state index is 13.2. The smallest absolute Gasteiger partial charge is 0.345 e. The van der Waals surface area contributed by atoms with Gasteiger partial charge in [-0.3, -0.25) is 0 Å². The number of hydrogen-bond donors (Lipinski definition) is 0. The summed E-state index contributed by atoms with van der Waals surface area (Å²) < 4.78 is 41.6. The summed E-state index contributed by atoms with van der Waals surface area (Å²) in [5.74, 6) is 0.737. The first-order valence-corrected chi connectivity index (χ1v) is 11.8. The van der Waals surface area contributed by atoms with Crippen LogP contribution >= 0.6 is 11.8 Å². The molecule has 0 spiro atoms. The fourth-order valence-electron chi connectivity index (χ4n) is 4.35. The Kier molecular flexibility index (Phi) is 5.74. The number of nitrogens with zero attached hydrogens (tertiary/aromatic N) is 3. The number of halogens is 3. The van der Waals surface area contributed by atoms with E-state index in [1.165, 1.54) is 5.56 Å². The zero-order chi connectivity index (χ0) is 23.0. The van der Waals surface area contributed by atoms with Crippen molar-refractivity contribution in [3.05, 3.63) is 93.7 Å². The number of alkyl halides is 3. The molecule has 5 rings (SSSR count). The van der Waals surface area contributed by atoms with Gasteiger partial charge in [0.15, 0.2) is 5.69 Å². The van der Waals surface area contributed by atoms with Crippen molar-refractivity contribution in [2.75, 3.05) is 7.05 Å². The zero-order valence-electron chi connectivity index (χ0n) is 18.1. The summed E-state index contributed by atoms with van der Waals surface area (Å²) in [6.45, 7) is 0. The van der Waals surface area contributed by atoms with Crippen LogP contribution in [-0.4, -0.2) is 16.9 Å². The third kappa shape index (κ3) is 4.29. The fraction of sp³-hybridized carbons (Fsp3) is 0.231. The van der Waals surface area contributed by atoms with Gasteiger partial charge in [0.2, 0.25) is 0 Å². The third-order valence-electron chi connectivity index (χ3n) is 6.02. The molecule has 168 valence electrons. The highest BCUT2D eigenvalue weighted by molar-refractivity contribution is 8.06. The Balaban J connectivity index is 1.74. The number of fused-ring (bicyclic) bond motifs is 1. The molecule has 0 N–H and O–H groups in total. The first-order valence-electron chi connectivity index (χ1n) is 10.9. The average molecular weight is 467 g/mol. The molecular formula is C26H23F3N3S+. The normalized spacial score (nSPS) is 17.0. The molecule has 0 saturated heterocycles. The molecule has 7 heteroatoms. The lowest BCUT2D eigenvalue weighted by atomic mass is 9.93. The predicted molar refractivity (Wildman–Crippen MR) is 125 cm³/mol. The van der Waals surface area contributed by atoms with Crippen molar-refractivity contribution in [3.63, 3.8) is 0 Å². The van der Waals surface area contributed by atoms with E-state index in [9.17, 15) is 13.2 Å². The van der Waals surface area contributed by atoms with Crippen molar-refractivity contribution in [2.24, 2.45) is 0 Å². The van der Waals surface area contributed by atoms with Crippen LogP contribution in [0.2, 0.25) is 0 Å². The lowest BCUT2D eigenvalue weighted by molar-refractivity contribution is -0.596. The van der Waals surface area contributed by atoms with Gasteiger partial charge in [0, 0.05) is 31.3 Å². The number of rotatable bonds is 3. The Morgan fingerprint density at radius 1 is 1.00 bits per heavy atom. The Bertz CT molecular complexity index is 1230. The molecule has 0 saturated carbocycles. The Morgan fingerprint density at radius 3 is 2.39 bits per heavy atom. The van der Waals surface area contributed by atoms with Gasteiger partial charge in [-0.15, -0.1) is 0 Å². The van der Waals surface area contributed by atoms with Crippen LogP contribution in [0.25, 0.3) is 23.2 Å². The summed E-state index contributed by atoms with van der Waals surface area (Å²) in [7, 11) is 2.01. The van der Waals surface area contributed by atoms with E-state index in [4.69, 9.17) is 4.98 Å². The molecule has 1 aliphatic carbocycles. The number of thioether (sulfide) groups is 1. The van der Waals surface area contributed by atoms with Crippen molar-refractivity contribution < 1.29 is 17.7 Å². The number of benzene rings is 2. The molecule has 0 unspecified atom stereocenters. The Labute approximate surface area is 195 Å². The molecule has 0 bridgehead atoms. The summed E-state index contributed by atoms with van der Waals surface area (Å²) >= 11 is 1.66. The molecule has 0 fully saturated rings. The second-order valence-corrected chi connectivity index (χ2v) is 9.12. The minimum Gasteiger partial charge on any atom is -0.345 e. The summed E-state index contributed by atoms with van der Waals surface area (Å²) in [4.78, 5) is 7.17. The molecule has 33 heavy (non-hydrogen) atoms. The van der Waals surface area contributed by atoms with E-state index in [2.05, 4.69) is 15.5 Å². The van der Waals surface area contributed by atoms with Gasteiger partial charge >= 0.3 is 12.0 Å². The number of aromatic nitrogens is 2. The van der Waals surface area contributed by atoms with Crippen LogP contribution in [0.15, 0.2) is 71.2 Å². The summed E-state index contributed by atoms with van der Waals surface area (Å²) in [5.41, 5.74) is 4.21. The first-order chi connectivity index (χ1) is 15.9. The fourth-order valence-corrected chi connectivity index (χ4v) is 5.14. The van der Waals surface area contributed by atoms with Crippen molar-refractivity contribution in [1.29, 1.82) is 0 Å². The minimum absolute atomic E-state index is 0.648. The zero-order valence-corrected chi connectivity index (χ0v) is 19.0. The van der Waals surface area contributed by atoms with Crippen LogP contribution in [-0.2, 0) is 19.0 Å². The van der Waals surface area contributed by atoms with Crippen LogP contribution in [0.1, 0.15) is 35.4 Å². The Morgan fingerprint density at radius 2 is 1.73 bits per heavy atom. The van der Waals surface area contributed by atoms with Crippen molar-refractivity contribution in [2.45, 2.75) is 31.9 Å². The third-order valence-corrected chi connectivity index (χ3v) is 6.93. The van der Waals surface area contributed by atoms with Crippen molar-refractivity contribution >= 4 is 17.8 Å². The lowest BCUT2D eigenvalue weighted by Crippen LogP contribution is -2.42. The standard InChI is InChI=1S/C26H23F3N3S/c1-31-15-16-33-24(31)17-22-21-9-5-6-10-23(21)32(25(30-22)18-7-3-2-4-8-18)20-13-11-19(12-14-20)26(27,28)29/h2-4,7-8,11-17H,5-6,9-10H2,1H3/q+1. The van der Waals surface area contributed by atoms with Gasteiger partial charge in [-0.05, 0) is 66.1 Å². The first kappa shape index (κ1) is 21.8. The molecule has 0 amide bonds. The second kappa shape index (κ2) is 8.71. The van der Waals surface area contributed by atoms with E-state index in [1.54, 1.807) is 23.9 Å². The van der Waals surface area contributed by atoms with Gasteiger partial charge in [0.25, 0.3) is 0 Å². The van der Waals surface area contributed by atoms with Crippen molar-refractivity contribution in [3.8, 4) is 17.1 Å². The van der Waals surface area contributed by atoms with Crippen molar-refractivity contribution in [1.82, 2.24) is 9.88 Å². The molecular weight excluding hydrogens is 443 g/mol. The molecule has 2 aromatic carbocycles. The maximum Gasteiger partial charge on any atom is 0.416 e. The summed E-state index contributed by atoms with van der Waals surface area (Å²) in [6.07, 6.45) is 3.65. The highest BCUT2D eigenvalue weighted by Crippen LogP contribution is 2.33. The van der Waals surface area contributed by atoms with Gasteiger partial charge in [-0.25, -0.2) is 0 Å². The van der Waals surface area contributed by atoms with E-state index >= 15 is 0 Å². The van der Waals surface area contributed by atoms with Gasteiger partial charge in [0.1, 0.15) is 11.4 Å². The van der Waals surface area contributed by atoms with E-state index in [0.717, 1.165) is 65.6 Å². The molecule has 2 heterocycles. The molecule has 2 aliphatic rings. The topological polar surface area (TPSA) is 20.0 Å². The molecule has 0 atom stereocenters. The van der Waals surface area contributed by atoms with E-state index < -0.39 is 11.7 Å². The highest BCUT2D eigenvalue weighted by atomic mass is 32.2. The quantitative estimate of drug-likeness (QED) is 0.418. The van der Waals surface area contributed by atoms with Gasteiger partial charge in [-0.1, -0.05) is 30.0 Å². The molecule has 1 aliphatic heterocycles. The summed E-state index contributed by atoms with van der Waals surface area (Å²) in [6, 6.07) is 15.2. The lowest BCUT2D eigenvalue weighted by Gasteiger charge is -2.20. The molecule has 1 aromatic heterocycles. The van der Waals surface area contributed by atoms with Crippen LogP contribution in [0.4, 0.5) is 13.2 Å². The predicted octanol–water partition coefficient (Wildman–Crippen LogP) is 6.37. The van der Waals surface area contributed by atoms with E-state index in [1.807, 2.05) is 49.0 Å². The monoisotopic (exact) mass is 466 g/mol. The summed E-state index contributed by atoms with van der Waals surface area (Å²) in [5, 5.41) is 3.14. The number of hydrogen-bond acceptors (Lipinski definition) is 3. The largest absolute Gasteiger partial charge is 0.416 e. The van der Waals surface area contributed by atoms with E-state index in [0.29, 0.717) is 5.69 Å². The molecule has 3 nitrogen and oxygen atoms in total. The molecule has 3 aromatic rings. The molecule has 0 radical (unpaired) electrons. The van der Waals surface area contributed by atoms with E-state index in [-0.39, 0.29) is 0 Å². The average Bonchev–Trinajstić information content (AvgIpc) is 3.23. The van der Waals surface area contributed by atoms with Crippen LogP contribution in [0.5, 0.6) is 0 Å². The van der Waals surface area contributed by atoms with Gasteiger partial charge in [-0.2, -0.15) is 17.7 Å². The van der Waals surface area contributed by atoms with Gasteiger partial charge < -0.3 is 4.90 Å². The van der Waals surface area contributed by atoms with Crippen LogP contribution in [0, 0.1) is 0 Å². The minimum atomic E-state index is -4.36. The Hall–Kier alpha value is -3.06. The SMILES string of the molecule is CN1C=CSC1=Cc1nc(-c2ccccc2)[n+](-c2ccc(C(F)(F)F)cc2)c2c1CCCC2. The van der Waals surface area contributed by atoms with Crippen LogP contribution < -0.4 is 4.57 Å². The second-order valence-electron chi connectivity index (χ2n) is 8.20. The highest BCUT2D eigenvalue weighted by Gasteiger charge is 2.33. The van der Waals surface area contributed by atoms with Crippen LogP contribution in [0.3, 0.4) is 0 Å².